The molecule has 11 rings (SSSR count). The van der Waals surface area contributed by atoms with Crippen LogP contribution in [0.1, 0.15) is 25.7 Å². The maximum absolute atomic E-state index is 2.54. The Morgan fingerprint density at radius 3 is 0.769 bits per heavy atom. The second kappa shape index (κ2) is 20.5. The zero-order valence-electron chi connectivity index (χ0n) is 28.8. The Labute approximate surface area is 388 Å². The Morgan fingerprint density at radius 2 is 0.558 bits per heavy atom. The molecule has 0 spiro atoms. The summed E-state index contributed by atoms with van der Waals surface area (Å²) < 4.78 is 0. The molecule has 0 nitrogen and oxygen atoms in total. The molecule has 11 aliphatic rings. The lowest BCUT2D eigenvalue weighted by Gasteiger charge is -2.61. The van der Waals surface area contributed by atoms with E-state index in [-0.39, 0.29) is 0 Å². The van der Waals surface area contributed by atoms with Gasteiger partial charge >= 0.3 is 0 Å². The molecule has 9 fully saturated rings. The minimum atomic E-state index is 0.891. The number of fused-ring (bicyclic) bond motifs is 24. The van der Waals surface area contributed by atoms with Crippen LogP contribution in [0.3, 0.4) is 0 Å². The molecule has 0 aromatic rings. The predicted molar refractivity (Wildman–Crippen MR) is 283 cm³/mol. The van der Waals surface area contributed by atoms with E-state index >= 15 is 0 Å². The Balaban J connectivity index is 0.000000132. The molecule has 1 heterocycles. The molecular weight excluding hydrogens is 1030 g/mol. The number of rotatable bonds is 12. The summed E-state index contributed by atoms with van der Waals surface area (Å²) in [6, 6.07) is 0. The fourth-order valence-electron chi connectivity index (χ4n) is 13.6. The summed E-state index contributed by atoms with van der Waals surface area (Å²) in [7, 11) is 39.7. The van der Waals surface area contributed by atoms with Crippen LogP contribution < -0.4 is 0 Å². The maximum atomic E-state index is 2.54. The molecule has 8 bridgehead atoms. The van der Waals surface area contributed by atoms with Crippen molar-refractivity contribution >= 4 is 204 Å². The molecule has 1 aliphatic heterocycles. The summed E-state index contributed by atoms with van der Waals surface area (Å²) in [6.07, 6.45) is 25.3. The van der Waals surface area contributed by atoms with Gasteiger partial charge < -0.3 is 0 Å². The summed E-state index contributed by atoms with van der Waals surface area (Å²) >= 11 is 0. The van der Waals surface area contributed by atoms with Crippen LogP contribution in [0.25, 0.3) is 0 Å². The van der Waals surface area contributed by atoms with E-state index in [1.165, 1.54) is 12.8 Å². The summed E-state index contributed by atoms with van der Waals surface area (Å²) in [5, 5.41) is 3.56. The van der Waals surface area contributed by atoms with Crippen molar-refractivity contribution in [3.63, 3.8) is 0 Å². The van der Waals surface area contributed by atoms with Crippen molar-refractivity contribution in [1.82, 2.24) is 0 Å². The SMILES string of the molecule is C1=CC2CC1C1C2C2C3C=CC(C3)C12.CSSSC1C2CC(C1SSSC)C1C2C2C3CC(C(SSSC)C3SSSC)C12.S1SSSSSSS1. The second-order valence-corrected chi connectivity index (χ2v) is 47.2. The van der Waals surface area contributed by atoms with E-state index in [0.29, 0.717) is 0 Å². The van der Waals surface area contributed by atoms with Gasteiger partial charge in [0.1, 0.15) is 0 Å². The fourth-order valence-corrected chi connectivity index (χ4v) is 52.0. The van der Waals surface area contributed by atoms with E-state index in [1.54, 1.807) is 12.8 Å². The van der Waals surface area contributed by atoms with E-state index in [0.717, 1.165) is 116 Å². The Bertz CT molecular complexity index is 1070. The van der Waals surface area contributed by atoms with E-state index < -0.39 is 0 Å². The smallest absolute Gasteiger partial charge is 0.0321 e. The van der Waals surface area contributed by atoms with Crippen molar-refractivity contribution in [3.05, 3.63) is 24.3 Å². The minimum Gasteiger partial charge on any atom is -0.0860 e. The molecule has 0 radical (unpaired) electrons. The van der Waals surface area contributed by atoms with Gasteiger partial charge in [0.2, 0.25) is 0 Å². The Kier molecular flexibility index (Phi) is 17.3. The predicted octanol–water partition coefficient (Wildman–Crippen LogP) is 17.9. The molecule has 10 aliphatic carbocycles. The first-order valence-corrected chi connectivity index (χ1v) is 44.3. The zero-order chi connectivity index (χ0) is 35.3. The number of hydrogen-bond acceptors (Lipinski definition) is 20. The maximum Gasteiger partial charge on any atom is 0.0321 e. The molecule has 1 saturated heterocycles. The summed E-state index contributed by atoms with van der Waals surface area (Å²) in [4.78, 5) is 0. The molecular formula is C32H44S20. The van der Waals surface area contributed by atoms with Gasteiger partial charge in [-0.2, -0.15) is 0 Å². The van der Waals surface area contributed by atoms with Crippen molar-refractivity contribution in [2.45, 2.75) is 46.7 Å². The third-order valence-electron chi connectivity index (χ3n) is 14.3. The molecule has 20 heteroatoms. The van der Waals surface area contributed by atoms with Gasteiger partial charge in [-0.15, -0.1) is 0 Å². The van der Waals surface area contributed by atoms with Gasteiger partial charge in [0.25, 0.3) is 0 Å². The van der Waals surface area contributed by atoms with Crippen LogP contribution in [0, 0.1) is 94.7 Å². The number of allylic oxidation sites excluding steroid dienone is 4. The summed E-state index contributed by atoms with van der Waals surface area (Å²) in [6.45, 7) is 0. The molecule has 292 valence electrons. The lowest BCUT2D eigenvalue weighted by molar-refractivity contribution is -0.0847. The van der Waals surface area contributed by atoms with Gasteiger partial charge in [0, 0.05) is 99.6 Å². The first-order valence-electron chi connectivity index (χ1n) is 17.8. The standard InChI is InChI=1S/C18H28S12.C14H16.S8/c1-19-27-23-15-7-5-8(16(15)24-28-20-2)12-11(7)13-9-6-10(14(12)13)18(26-30-22-4)17(9)25-29-21-3;1-2-8-5-7(1)11-12(8)14-10-4-3-9(6-10)13(11)14;1-2-4-6-8-7-5-3-1/h7-18H,5-6H2,1-4H3;1-4,7-14H,5-6H2;. The fraction of sp³-hybridized carbons (Fsp3) is 0.875. The lowest BCUT2D eigenvalue weighted by atomic mass is 9.48. The first kappa shape index (κ1) is 43.7. The molecule has 8 saturated carbocycles. The van der Waals surface area contributed by atoms with Gasteiger partial charge in [-0.25, -0.2) is 0 Å². The quantitative estimate of drug-likeness (QED) is 0.134. The van der Waals surface area contributed by atoms with Crippen molar-refractivity contribution in [2.24, 2.45) is 94.7 Å². The summed E-state index contributed by atoms with van der Waals surface area (Å²) in [5.74, 6) is 16.8. The Morgan fingerprint density at radius 1 is 0.327 bits per heavy atom. The lowest BCUT2D eigenvalue weighted by Crippen LogP contribution is -2.60. The largest absolute Gasteiger partial charge is 0.0860 e. The molecule has 52 heavy (non-hydrogen) atoms. The monoisotopic (exact) mass is 1070 g/mol. The van der Waals surface area contributed by atoms with E-state index in [4.69, 9.17) is 0 Å². The highest BCUT2D eigenvalue weighted by Gasteiger charge is 2.76. The second-order valence-electron chi connectivity index (χ2n) is 15.4. The molecule has 0 N–H and O–H groups in total. The zero-order valence-corrected chi connectivity index (χ0v) is 45.2. The van der Waals surface area contributed by atoms with Gasteiger partial charge in [-0.3, -0.25) is 0 Å². The van der Waals surface area contributed by atoms with Crippen molar-refractivity contribution in [3.8, 4) is 0 Å². The van der Waals surface area contributed by atoms with Gasteiger partial charge in [0.15, 0.2) is 0 Å². The first-order chi connectivity index (χ1) is 25.7. The molecule has 8 atom stereocenters. The van der Waals surface area contributed by atoms with Gasteiger partial charge in [-0.1, -0.05) is 111 Å². The molecule has 0 aromatic carbocycles. The van der Waals surface area contributed by atoms with Crippen LogP contribution in [-0.2, 0) is 0 Å². The highest BCUT2D eigenvalue weighted by Crippen LogP contribution is 2.81. The molecule has 0 aromatic heterocycles. The number of hydrogen-bond donors (Lipinski definition) is 0. The highest BCUT2D eigenvalue weighted by atomic mass is 34.1. The van der Waals surface area contributed by atoms with Crippen molar-refractivity contribution in [1.29, 1.82) is 0 Å². The van der Waals surface area contributed by atoms with Crippen molar-refractivity contribution in [2.75, 3.05) is 25.0 Å². The third-order valence-corrected chi connectivity index (χ3v) is 49.7. The molecule has 8 unspecified atom stereocenters. The van der Waals surface area contributed by atoms with E-state index in [1.807, 2.05) is 122 Å². The topological polar surface area (TPSA) is 0 Å². The van der Waals surface area contributed by atoms with Crippen LogP contribution in [0.2, 0.25) is 0 Å². The third kappa shape index (κ3) is 8.33. The average Bonchev–Trinajstić information content (AvgIpc) is 3.99. The Hall–Kier alpha value is 6.48. The van der Waals surface area contributed by atoms with Gasteiger partial charge in [-0.05, 0) is 185 Å². The van der Waals surface area contributed by atoms with Crippen LogP contribution in [-0.4, -0.2) is 46.0 Å². The van der Waals surface area contributed by atoms with Gasteiger partial charge in [0.05, 0.1) is 0 Å². The van der Waals surface area contributed by atoms with E-state index in [2.05, 4.69) is 132 Å². The van der Waals surface area contributed by atoms with Crippen LogP contribution in [0.15, 0.2) is 24.3 Å². The minimum absolute atomic E-state index is 0.891. The molecule has 0 amide bonds. The van der Waals surface area contributed by atoms with Crippen molar-refractivity contribution < 1.29 is 0 Å². The normalized spacial score (nSPS) is 51.3. The summed E-state index contributed by atoms with van der Waals surface area (Å²) in [5.41, 5.74) is 0. The van der Waals surface area contributed by atoms with Crippen LogP contribution in [0.4, 0.5) is 0 Å². The van der Waals surface area contributed by atoms with E-state index in [9.17, 15) is 0 Å². The average molecular weight is 1070 g/mol. The van der Waals surface area contributed by atoms with Crippen LogP contribution in [0.5, 0.6) is 0 Å². The highest BCUT2D eigenvalue weighted by molar-refractivity contribution is 9.60. The van der Waals surface area contributed by atoms with Crippen LogP contribution >= 0.6 is 204 Å².